The predicted octanol–water partition coefficient (Wildman–Crippen LogP) is 6.13. The lowest BCUT2D eigenvalue weighted by molar-refractivity contribution is 0.151. The number of hydrogen-bond donors (Lipinski definition) is 1. The van der Waals surface area contributed by atoms with Crippen molar-refractivity contribution >= 4 is 34.1 Å². The maximum atomic E-state index is 9.02. The van der Waals surface area contributed by atoms with E-state index in [1.807, 2.05) is 18.5 Å². The number of halogens is 1. The summed E-state index contributed by atoms with van der Waals surface area (Å²) in [6.45, 7) is 4.29. The van der Waals surface area contributed by atoms with Crippen LogP contribution in [-0.2, 0) is 0 Å². The minimum atomic E-state index is 0.449. The number of rotatable bonds is 6. The molecule has 2 saturated carbocycles. The van der Waals surface area contributed by atoms with Gasteiger partial charge in [0, 0.05) is 29.1 Å². The Labute approximate surface area is 211 Å². The molecule has 35 heavy (non-hydrogen) atoms. The number of piperidine rings is 1. The van der Waals surface area contributed by atoms with Crippen molar-refractivity contribution in [3.05, 3.63) is 40.8 Å². The standard InChI is InChI=1S/C27H32ClN7/c1-17-26(16-31-35(17)21-4-5-21)33-27-30-15-20-13-24(28)23(14-25(20)32-27)19-7-10-34(11-8-19)22-3-2-18(12-22)6-9-29/h13-16,18-19,21-22H,2-8,10-12H2,1H3,(H,30,32,33)/t18-,22-/m0/s1. The van der Waals surface area contributed by atoms with Crippen LogP contribution in [0.25, 0.3) is 10.9 Å². The lowest BCUT2D eigenvalue weighted by Crippen LogP contribution is -2.39. The summed E-state index contributed by atoms with van der Waals surface area (Å²) in [6.07, 6.45) is 12.7. The Hall–Kier alpha value is -2.69. The number of nitrogens with one attached hydrogen (secondary N) is 1. The van der Waals surface area contributed by atoms with Gasteiger partial charge in [0.25, 0.3) is 0 Å². The summed E-state index contributed by atoms with van der Waals surface area (Å²) >= 11 is 6.76. The van der Waals surface area contributed by atoms with Crippen molar-refractivity contribution in [1.29, 1.82) is 5.26 Å². The molecule has 0 unspecified atom stereocenters. The van der Waals surface area contributed by atoms with Gasteiger partial charge in [0.05, 0.1) is 35.2 Å². The topological polar surface area (TPSA) is 82.7 Å². The molecule has 1 saturated heterocycles. The number of aromatic nitrogens is 4. The van der Waals surface area contributed by atoms with Gasteiger partial charge >= 0.3 is 0 Å². The lowest BCUT2D eigenvalue weighted by Gasteiger charge is -2.36. The Morgan fingerprint density at radius 1 is 1.09 bits per heavy atom. The highest BCUT2D eigenvalue weighted by Gasteiger charge is 2.32. The molecular weight excluding hydrogens is 458 g/mol. The molecule has 7 nitrogen and oxygen atoms in total. The summed E-state index contributed by atoms with van der Waals surface area (Å²) in [5.41, 5.74) is 4.21. The minimum absolute atomic E-state index is 0.449. The molecule has 3 fully saturated rings. The number of nitriles is 1. The molecule has 2 aliphatic carbocycles. The summed E-state index contributed by atoms with van der Waals surface area (Å²) in [4.78, 5) is 12.0. The maximum Gasteiger partial charge on any atom is 0.227 e. The predicted molar refractivity (Wildman–Crippen MR) is 138 cm³/mol. The van der Waals surface area contributed by atoms with Gasteiger partial charge in [0.15, 0.2) is 0 Å². The van der Waals surface area contributed by atoms with Crippen LogP contribution in [0.2, 0.25) is 5.02 Å². The monoisotopic (exact) mass is 489 g/mol. The highest BCUT2D eigenvalue weighted by Crippen LogP contribution is 2.39. The molecular formula is C27H32ClN7. The first-order valence-electron chi connectivity index (χ1n) is 13.0. The van der Waals surface area contributed by atoms with E-state index in [4.69, 9.17) is 21.8 Å². The van der Waals surface area contributed by atoms with Gasteiger partial charge < -0.3 is 10.2 Å². The zero-order valence-electron chi connectivity index (χ0n) is 20.3. The molecule has 3 aromatic rings. The molecule has 3 heterocycles. The van der Waals surface area contributed by atoms with Crippen molar-refractivity contribution in [2.45, 2.75) is 76.3 Å². The fraction of sp³-hybridized carbons (Fsp3) is 0.556. The van der Waals surface area contributed by atoms with Gasteiger partial charge in [0.1, 0.15) is 0 Å². The van der Waals surface area contributed by atoms with Crippen LogP contribution in [0.4, 0.5) is 11.6 Å². The number of benzene rings is 1. The molecule has 6 rings (SSSR count). The molecule has 1 aromatic carbocycles. The highest BCUT2D eigenvalue weighted by molar-refractivity contribution is 6.32. The fourth-order valence-electron chi connectivity index (χ4n) is 6.06. The third-order valence-corrected chi connectivity index (χ3v) is 8.59. The van der Waals surface area contributed by atoms with Crippen LogP contribution in [-0.4, -0.2) is 43.8 Å². The van der Waals surface area contributed by atoms with Crippen LogP contribution >= 0.6 is 11.6 Å². The summed E-state index contributed by atoms with van der Waals surface area (Å²) in [6, 6.07) is 7.74. The molecule has 0 amide bonds. The van der Waals surface area contributed by atoms with Crippen LogP contribution in [0.5, 0.6) is 0 Å². The van der Waals surface area contributed by atoms with Crippen molar-refractivity contribution in [2.24, 2.45) is 5.92 Å². The third-order valence-electron chi connectivity index (χ3n) is 8.26. The molecule has 1 aliphatic heterocycles. The highest BCUT2D eigenvalue weighted by atomic mass is 35.5. The van der Waals surface area contributed by atoms with E-state index >= 15 is 0 Å². The Morgan fingerprint density at radius 3 is 2.66 bits per heavy atom. The minimum Gasteiger partial charge on any atom is -0.321 e. The van der Waals surface area contributed by atoms with E-state index < -0.39 is 0 Å². The summed E-state index contributed by atoms with van der Waals surface area (Å²) in [5.74, 6) is 1.63. The van der Waals surface area contributed by atoms with Crippen LogP contribution in [0.15, 0.2) is 24.5 Å². The Kier molecular flexibility index (Phi) is 6.11. The zero-order valence-corrected chi connectivity index (χ0v) is 21.0. The maximum absolute atomic E-state index is 9.02. The van der Waals surface area contributed by atoms with Crippen molar-refractivity contribution in [3.8, 4) is 6.07 Å². The van der Waals surface area contributed by atoms with Gasteiger partial charge in [0.2, 0.25) is 5.95 Å². The first-order valence-corrected chi connectivity index (χ1v) is 13.3. The Morgan fingerprint density at radius 2 is 1.89 bits per heavy atom. The number of nitrogens with zero attached hydrogens (tertiary/aromatic N) is 6. The van der Waals surface area contributed by atoms with Crippen molar-refractivity contribution in [2.75, 3.05) is 18.4 Å². The molecule has 0 radical (unpaired) electrons. The second-order valence-corrected chi connectivity index (χ2v) is 11.0. The molecule has 2 aromatic heterocycles. The zero-order chi connectivity index (χ0) is 23.9. The first kappa shape index (κ1) is 22.8. The molecule has 0 spiro atoms. The molecule has 0 bridgehead atoms. The normalized spacial score (nSPS) is 23.6. The number of likely N-dealkylation sites (tertiary alicyclic amines) is 1. The quantitative estimate of drug-likeness (QED) is 0.448. The van der Waals surface area contributed by atoms with Crippen LogP contribution in [0, 0.1) is 24.2 Å². The van der Waals surface area contributed by atoms with Crippen LogP contribution in [0.1, 0.15) is 74.6 Å². The number of fused-ring (bicyclic) bond motifs is 1. The van der Waals surface area contributed by atoms with E-state index in [2.05, 4.69) is 44.0 Å². The van der Waals surface area contributed by atoms with Gasteiger partial charge in [-0.2, -0.15) is 10.4 Å². The van der Waals surface area contributed by atoms with Crippen molar-refractivity contribution in [3.63, 3.8) is 0 Å². The summed E-state index contributed by atoms with van der Waals surface area (Å²) in [5, 5.41) is 18.7. The first-order chi connectivity index (χ1) is 17.1. The number of anilines is 2. The average molecular weight is 490 g/mol. The average Bonchev–Trinajstić information content (AvgIpc) is 3.49. The van der Waals surface area contributed by atoms with Crippen molar-refractivity contribution < 1.29 is 0 Å². The van der Waals surface area contributed by atoms with Crippen molar-refractivity contribution in [1.82, 2.24) is 24.6 Å². The summed E-state index contributed by atoms with van der Waals surface area (Å²) < 4.78 is 2.10. The van der Waals surface area contributed by atoms with Gasteiger partial charge in [-0.25, -0.2) is 9.97 Å². The lowest BCUT2D eigenvalue weighted by atomic mass is 9.88. The van der Waals surface area contributed by atoms with E-state index in [0.717, 1.165) is 53.2 Å². The Balaban J connectivity index is 1.16. The van der Waals surface area contributed by atoms with Gasteiger partial charge in [-0.05, 0) is 94.5 Å². The third kappa shape index (κ3) is 4.62. The second-order valence-electron chi connectivity index (χ2n) is 10.6. The van der Waals surface area contributed by atoms with Gasteiger partial charge in [-0.3, -0.25) is 4.68 Å². The molecule has 1 N–H and O–H groups in total. The number of hydrogen-bond acceptors (Lipinski definition) is 6. The van der Waals surface area contributed by atoms with Gasteiger partial charge in [-0.15, -0.1) is 0 Å². The smallest absolute Gasteiger partial charge is 0.227 e. The Bertz CT molecular complexity index is 1270. The molecule has 8 heteroatoms. The van der Waals surface area contributed by atoms with Crippen LogP contribution in [0.3, 0.4) is 0 Å². The molecule has 3 aliphatic rings. The van der Waals surface area contributed by atoms with E-state index in [1.165, 1.54) is 37.7 Å². The molecule has 2 atom stereocenters. The SMILES string of the molecule is Cc1c(Nc2ncc3cc(Cl)c(C4CCN([C@H]5CC[C@@H](CC#N)C5)CC4)cc3n2)cnn1C1CC1. The van der Waals surface area contributed by atoms with Crippen LogP contribution < -0.4 is 5.32 Å². The van der Waals surface area contributed by atoms with E-state index in [9.17, 15) is 0 Å². The van der Waals surface area contributed by atoms with E-state index in [0.29, 0.717) is 36.3 Å². The van der Waals surface area contributed by atoms with E-state index in [1.54, 1.807) is 0 Å². The molecule has 182 valence electrons. The largest absolute Gasteiger partial charge is 0.321 e. The summed E-state index contributed by atoms with van der Waals surface area (Å²) in [7, 11) is 0. The second kappa shape index (κ2) is 9.40. The van der Waals surface area contributed by atoms with Gasteiger partial charge in [-0.1, -0.05) is 11.6 Å². The van der Waals surface area contributed by atoms with E-state index in [-0.39, 0.29) is 0 Å². The fourth-order valence-corrected chi connectivity index (χ4v) is 6.39.